The minimum absolute atomic E-state index is 0.0994. The lowest BCUT2D eigenvalue weighted by molar-refractivity contribution is -0.0749. The molecule has 4 rings (SSSR count). The van der Waals surface area contributed by atoms with Crippen LogP contribution in [-0.2, 0) is 0 Å². The van der Waals surface area contributed by atoms with E-state index >= 15 is 0 Å². The molecule has 0 aromatic heterocycles. The van der Waals surface area contributed by atoms with Gasteiger partial charge in [-0.3, -0.25) is 0 Å². The first-order valence-electron chi connectivity index (χ1n) is 12.3. The molecule has 0 heterocycles. The Morgan fingerprint density at radius 2 is 1.34 bits per heavy atom. The van der Waals surface area contributed by atoms with Crippen LogP contribution in [0.5, 0.6) is 0 Å². The highest BCUT2D eigenvalue weighted by atomic mass is 19.3. The molecule has 0 saturated heterocycles. The maximum absolute atomic E-state index is 15.0. The second-order valence-electron chi connectivity index (χ2n) is 10.1. The lowest BCUT2D eigenvalue weighted by atomic mass is 9.75. The summed E-state index contributed by atoms with van der Waals surface area (Å²) >= 11 is 0. The van der Waals surface area contributed by atoms with E-state index in [0.717, 1.165) is 44.1 Å². The first-order valence-corrected chi connectivity index (χ1v) is 12.3. The Balaban J connectivity index is 1.46. The molecule has 0 nitrogen and oxygen atoms in total. The maximum atomic E-state index is 15.0. The van der Waals surface area contributed by atoms with Crippen LogP contribution >= 0.6 is 0 Å². The van der Waals surface area contributed by atoms with Crippen LogP contribution in [0.25, 0.3) is 11.1 Å². The largest absolute Gasteiger partial charge is 0.250 e. The molecule has 174 valence electrons. The zero-order valence-corrected chi connectivity index (χ0v) is 19.1. The van der Waals surface area contributed by atoms with Crippen molar-refractivity contribution >= 4 is 0 Å². The molecule has 2 fully saturated rings. The summed E-state index contributed by atoms with van der Waals surface area (Å²) in [7, 11) is 0. The van der Waals surface area contributed by atoms with Gasteiger partial charge in [0.15, 0.2) is 11.6 Å². The van der Waals surface area contributed by atoms with Crippen molar-refractivity contribution < 1.29 is 17.6 Å². The van der Waals surface area contributed by atoms with Crippen molar-refractivity contribution in [3.8, 4) is 11.1 Å². The molecule has 0 bridgehead atoms. The Kier molecular flexibility index (Phi) is 6.97. The van der Waals surface area contributed by atoms with Gasteiger partial charge in [-0.2, -0.15) is 0 Å². The third-order valence-corrected chi connectivity index (χ3v) is 8.06. The lowest BCUT2D eigenvalue weighted by Crippen LogP contribution is -2.30. The number of halogens is 4. The summed E-state index contributed by atoms with van der Waals surface area (Å²) < 4.78 is 57.9. The van der Waals surface area contributed by atoms with Crippen molar-refractivity contribution in [3.63, 3.8) is 0 Å². The number of alkyl halides is 2. The molecule has 0 N–H and O–H groups in total. The normalized spacial score (nSPS) is 26.8. The van der Waals surface area contributed by atoms with Gasteiger partial charge in [0.05, 0.1) is 0 Å². The molecule has 2 aromatic rings. The first-order chi connectivity index (χ1) is 15.3. The average Bonchev–Trinajstić information content (AvgIpc) is 2.82. The van der Waals surface area contributed by atoms with E-state index in [-0.39, 0.29) is 23.8 Å². The topological polar surface area (TPSA) is 0 Å². The minimum atomic E-state index is -2.57. The summed E-state index contributed by atoms with van der Waals surface area (Å²) in [6.45, 7) is 3.76. The Hall–Kier alpha value is -1.84. The van der Waals surface area contributed by atoms with Crippen molar-refractivity contribution in [1.29, 1.82) is 0 Å². The zero-order chi connectivity index (χ0) is 22.9. The molecule has 0 spiro atoms. The van der Waals surface area contributed by atoms with E-state index < -0.39 is 23.5 Å². The molecule has 0 atom stereocenters. The van der Waals surface area contributed by atoms with Crippen LogP contribution in [0.3, 0.4) is 0 Å². The van der Waals surface area contributed by atoms with Gasteiger partial charge in [0, 0.05) is 17.9 Å². The molecule has 0 unspecified atom stereocenters. The fourth-order valence-electron chi connectivity index (χ4n) is 5.75. The van der Waals surface area contributed by atoms with Crippen LogP contribution in [0.1, 0.15) is 94.6 Å². The molecule has 4 heteroatoms. The molecular weight excluding hydrogens is 412 g/mol. The number of hydrogen-bond donors (Lipinski definition) is 0. The van der Waals surface area contributed by atoms with Gasteiger partial charge in [0.2, 0.25) is 0 Å². The molecule has 2 aliphatic carbocycles. The first kappa shape index (κ1) is 23.3. The fourth-order valence-corrected chi connectivity index (χ4v) is 5.75. The second-order valence-corrected chi connectivity index (χ2v) is 10.1. The van der Waals surface area contributed by atoms with Gasteiger partial charge in [-0.25, -0.2) is 17.6 Å². The van der Waals surface area contributed by atoms with Crippen LogP contribution in [-0.4, -0.2) is 5.92 Å². The third-order valence-electron chi connectivity index (χ3n) is 8.06. The Bertz CT molecular complexity index is 902. The van der Waals surface area contributed by atoms with E-state index in [2.05, 4.69) is 6.92 Å². The summed E-state index contributed by atoms with van der Waals surface area (Å²) in [5.74, 6) is -3.55. The molecule has 2 saturated carbocycles. The minimum Gasteiger partial charge on any atom is -0.207 e. The summed E-state index contributed by atoms with van der Waals surface area (Å²) in [5, 5.41) is 0. The summed E-state index contributed by atoms with van der Waals surface area (Å²) in [6, 6.07) is 11.0. The predicted molar refractivity (Wildman–Crippen MR) is 122 cm³/mol. The maximum Gasteiger partial charge on any atom is 0.250 e. The molecule has 32 heavy (non-hydrogen) atoms. The van der Waals surface area contributed by atoms with Gasteiger partial charge in [0.25, 0.3) is 5.92 Å². The highest BCUT2D eigenvalue weighted by molar-refractivity contribution is 5.65. The van der Waals surface area contributed by atoms with Gasteiger partial charge >= 0.3 is 0 Å². The number of hydrogen-bond acceptors (Lipinski definition) is 0. The van der Waals surface area contributed by atoms with Crippen LogP contribution in [0.4, 0.5) is 17.6 Å². The number of benzene rings is 2. The molecular formula is C28H34F4. The van der Waals surface area contributed by atoms with E-state index in [0.29, 0.717) is 29.9 Å². The smallest absolute Gasteiger partial charge is 0.207 e. The molecule has 2 aromatic carbocycles. The van der Waals surface area contributed by atoms with E-state index in [1.54, 1.807) is 19.1 Å². The van der Waals surface area contributed by atoms with Crippen molar-refractivity contribution in [3.05, 3.63) is 59.2 Å². The quantitative estimate of drug-likeness (QED) is 0.402. The van der Waals surface area contributed by atoms with E-state index in [9.17, 15) is 17.6 Å². The van der Waals surface area contributed by atoms with Crippen molar-refractivity contribution in [2.24, 2.45) is 11.8 Å². The monoisotopic (exact) mass is 446 g/mol. The van der Waals surface area contributed by atoms with E-state index in [4.69, 9.17) is 0 Å². The predicted octanol–water partition coefficient (Wildman–Crippen LogP) is 9.24. The Morgan fingerprint density at radius 3 is 1.94 bits per heavy atom. The van der Waals surface area contributed by atoms with Gasteiger partial charge in [-0.1, -0.05) is 63.1 Å². The van der Waals surface area contributed by atoms with Gasteiger partial charge in [-0.15, -0.1) is 0 Å². The average molecular weight is 447 g/mol. The Morgan fingerprint density at radius 1 is 0.750 bits per heavy atom. The number of rotatable bonds is 5. The highest BCUT2D eigenvalue weighted by Crippen LogP contribution is 2.44. The molecule has 0 radical (unpaired) electrons. The third kappa shape index (κ3) is 4.75. The Labute approximate surface area is 189 Å². The summed E-state index contributed by atoms with van der Waals surface area (Å²) in [6.07, 6.45) is 6.42. The van der Waals surface area contributed by atoms with Crippen LogP contribution < -0.4 is 0 Å². The van der Waals surface area contributed by atoms with Crippen LogP contribution in [0.2, 0.25) is 0 Å². The molecule has 0 aliphatic heterocycles. The van der Waals surface area contributed by atoms with Crippen LogP contribution in [0, 0.1) is 23.5 Å². The van der Waals surface area contributed by atoms with Gasteiger partial charge < -0.3 is 0 Å². The lowest BCUT2D eigenvalue weighted by Gasteiger charge is -2.33. The van der Waals surface area contributed by atoms with Crippen molar-refractivity contribution in [1.82, 2.24) is 0 Å². The van der Waals surface area contributed by atoms with Crippen LogP contribution in [0.15, 0.2) is 36.4 Å². The standard InChI is InChI=1S/C28H34F4/c1-3-28(31,32)23-14-12-20(13-15-23)19-8-10-22(11-9-19)25-17-16-24(26(29)27(25)30)21-6-4-18(2)5-7-21/h8-11,16-18,20-21,23H,3-7,12-15H2,1-2H3. The molecule has 0 amide bonds. The SMILES string of the molecule is CCC(F)(F)C1CCC(c2ccc(-c3ccc(C4CCC(C)CC4)c(F)c3F)cc2)CC1. The van der Waals surface area contributed by atoms with E-state index in [1.165, 1.54) is 0 Å². The van der Waals surface area contributed by atoms with Gasteiger partial charge in [-0.05, 0) is 73.0 Å². The fraction of sp³-hybridized carbons (Fsp3) is 0.571. The molecule has 2 aliphatic rings. The van der Waals surface area contributed by atoms with E-state index in [1.807, 2.05) is 24.3 Å². The highest BCUT2D eigenvalue weighted by Gasteiger charge is 2.39. The zero-order valence-electron chi connectivity index (χ0n) is 19.1. The van der Waals surface area contributed by atoms with Crippen molar-refractivity contribution in [2.75, 3.05) is 0 Å². The summed E-state index contributed by atoms with van der Waals surface area (Å²) in [4.78, 5) is 0. The summed E-state index contributed by atoms with van der Waals surface area (Å²) in [5.41, 5.74) is 2.55. The second kappa shape index (κ2) is 9.57. The van der Waals surface area contributed by atoms with Crippen molar-refractivity contribution in [2.45, 2.75) is 89.4 Å². The van der Waals surface area contributed by atoms with Gasteiger partial charge in [0.1, 0.15) is 0 Å².